The van der Waals surface area contributed by atoms with Crippen LogP contribution in [0.5, 0.6) is 0 Å². The molecule has 25 heavy (non-hydrogen) atoms. The lowest BCUT2D eigenvalue weighted by Crippen LogP contribution is -2.38. The number of nitrogens with one attached hydrogen (secondary N) is 1. The van der Waals surface area contributed by atoms with Gasteiger partial charge in [0.1, 0.15) is 0 Å². The molecule has 130 valence electrons. The molecule has 1 aliphatic heterocycles. The molecule has 6 heteroatoms. The number of Topliss-reactive ketones (excluding diaryl/α,β-unsaturated/α-hetero) is 1. The Balaban J connectivity index is 1.56. The van der Waals surface area contributed by atoms with Gasteiger partial charge in [0.15, 0.2) is 11.7 Å². The molecule has 2 atom stereocenters. The standard InChI is InChI=1S/C19H21N3O3/c20-9-16(19(25)21-10-13-4-2-1-3-5-13)18(24)15-8-17(23)22(12-15)11-14-6-7-14/h1-5,14-16H,6-8,10-12H2,(H,21,25). The van der Waals surface area contributed by atoms with Gasteiger partial charge in [0.25, 0.3) is 0 Å². The van der Waals surface area contributed by atoms with Crippen molar-refractivity contribution in [2.24, 2.45) is 17.8 Å². The lowest BCUT2D eigenvalue weighted by molar-refractivity contribution is -0.134. The third kappa shape index (κ3) is 4.24. The Morgan fingerprint density at radius 3 is 2.64 bits per heavy atom. The predicted octanol–water partition coefficient (Wildman–Crippen LogP) is 1.27. The molecule has 6 nitrogen and oxygen atoms in total. The molecule has 1 aliphatic carbocycles. The van der Waals surface area contributed by atoms with Crippen LogP contribution in [-0.4, -0.2) is 35.6 Å². The minimum Gasteiger partial charge on any atom is -0.350 e. The summed E-state index contributed by atoms with van der Waals surface area (Å²) in [5, 5.41) is 11.9. The van der Waals surface area contributed by atoms with Crippen LogP contribution in [0, 0.1) is 29.1 Å². The molecule has 0 bridgehead atoms. The van der Waals surface area contributed by atoms with Crippen molar-refractivity contribution in [3.05, 3.63) is 35.9 Å². The van der Waals surface area contributed by atoms with E-state index in [0.29, 0.717) is 19.0 Å². The van der Waals surface area contributed by atoms with Gasteiger partial charge in [0.05, 0.1) is 6.07 Å². The molecule has 2 fully saturated rings. The summed E-state index contributed by atoms with van der Waals surface area (Å²) in [6.45, 7) is 1.29. The maximum atomic E-state index is 12.6. The Kier molecular flexibility index (Phi) is 5.13. The van der Waals surface area contributed by atoms with Crippen LogP contribution in [0.25, 0.3) is 0 Å². The van der Waals surface area contributed by atoms with Crippen LogP contribution in [0.1, 0.15) is 24.8 Å². The maximum Gasteiger partial charge on any atom is 0.245 e. The molecule has 1 heterocycles. The van der Waals surface area contributed by atoms with Gasteiger partial charge in [-0.2, -0.15) is 5.26 Å². The number of carbonyl (C=O) groups excluding carboxylic acids is 3. The van der Waals surface area contributed by atoms with E-state index in [2.05, 4.69) is 5.32 Å². The topological polar surface area (TPSA) is 90.3 Å². The van der Waals surface area contributed by atoms with Crippen molar-refractivity contribution in [2.75, 3.05) is 13.1 Å². The van der Waals surface area contributed by atoms with Crippen LogP contribution < -0.4 is 5.32 Å². The Hall–Kier alpha value is -2.68. The Morgan fingerprint density at radius 1 is 1.28 bits per heavy atom. The van der Waals surface area contributed by atoms with Crippen LogP contribution in [-0.2, 0) is 20.9 Å². The summed E-state index contributed by atoms with van der Waals surface area (Å²) in [7, 11) is 0. The molecular formula is C19H21N3O3. The van der Waals surface area contributed by atoms with Crippen molar-refractivity contribution in [1.29, 1.82) is 5.26 Å². The summed E-state index contributed by atoms with van der Waals surface area (Å²) in [6, 6.07) is 11.1. The molecule has 0 aromatic heterocycles. The van der Waals surface area contributed by atoms with Gasteiger partial charge in [0, 0.05) is 32.0 Å². The zero-order chi connectivity index (χ0) is 17.8. The second kappa shape index (κ2) is 7.47. The predicted molar refractivity (Wildman–Crippen MR) is 89.8 cm³/mol. The summed E-state index contributed by atoms with van der Waals surface area (Å²) >= 11 is 0. The number of rotatable bonds is 7. The molecule has 0 radical (unpaired) electrons. The van der Waals surface area contributed by atoms with E-state index >= 15 is 0 Å². The van der Waals surface area contributed by atoms with E-state index in [1.807, 2.05) is 30.3 Å². The number of benzene rings is 1. The number of nitrogens with zero attached hydrogens (tertiary/aromatic N) is 2. The molecular weight excluding hydrogens is 318 g/mol. The van der Waals surface area contributed by atoms with E-state index in [-0.39, 0.29) is 18.9 Å². The Bertz CT molecular complexity index is 706. The smallest absolute Gasteiger partial charge is 0.245 e. The number of hydrogen-bond acceptors (Lipinski definition) is 4. The maximum absolute atomic E-state index is 12.6. The molecule has 1 aromatic carbocycles. The van der Waals surface area contributed by atoms with Crippen molar-refractivity contribution in [3.63, 3.8) is 0 Å². The second-order valence-corrected chi connectivity index (χ2v) is 6.81. The number of likely N-dealkylation sites (tertiary alicyclic amines) is 1. The van der Waals surface area contributed by atoms with E-state index in [4.69, 9.17) is 0 Å². The van der Waals surface area contributed by atoms with Crippen LogP contribution in [0.4, 0.5) is 0 Å². The van der Waals surface area contributed by atoms with Crippen LogP contribution >= 0.6 is 0 Å². The number of nitriles is 1. The first-order valence-electron chi connectivity index (χ1n) is 8.61. The molecule has 0 spiro atoms. The molecule has 1 aromatic rings. The lowest BCUT2D eigenvalue weighted by atomic mass is 9.92. The van der Waals surface area contributed by atoms with Gasteiger partial charge >= 0.3 is 0 Å². The average Bonchev–Trinajstić information content (AvgIpc) is 3.36. The van der Waals surface area contributed by atoms with Gasteiger partial charge < -0.3 is 10.2 Å². The molecule has 1 N–H and O–H groups in total. The van der Waals surface area contributed by atoms with E-state index in [1.165, 1.54) is 0 Å². The fraction of sp³-hybridized carbons (Fsp3) is 0.474. The van der Waals surface area contributed by atoms with Crippen molar-refractivity contribution in [1.82, 2.24) is 10.2 Å². The number of amides is 2. The van der Waals surface area contributed by atoms with Crippen LogP contribution in [0.2, 0.25) is 0 Å². The van der Waals surface area contributed by atoms with Gasteiger partial charge in [0.2, 0.25) is 11.8 Å². The first-order valence-corrected chi connectivity index (χ1v) is 8.61. The average molecular weight is 339 g/mol. The molecule has 2 amide bonds. The zero-order valence-corrected chi connectivity index (χ0v) is 14.0. The van der Waals surface area contributed by atoms with E-state index < -0.39 is 23.5 Å². The second-order valence-electron chi connectivity index (χ2n) is 6.81. The van der Waals surface area contributed by atoms with E-state index in [9.17, 15) is 19.6 Å². The van der Waals surface area contributed by atoms with Gasteiger partial charge in [-0.05, 0) is 24.3 Å². The quantitative estimate of drug-likeness (QED) is 0.758. The number of hydrogen-bond donors (Lipinski definition) is 1. The van der Waals surface area contributed by atoms with Gasteiger partial charge in [-0.15, -0.1) is 0 Å². The monoisotopic (exact) mass is 339 g/mol. The van der Waals surface area contributed by atoms with Crippen LogP contribution in [0.3, 0.4) is 0 Å². The van der Waals surface area contributed by atoms with Crippen molar-refractivity contribution < 1.29 is 14.4 Å². The molecule has 2 unspecified atom stereocenters. The summed E-state index contributed by atoms with van der Waals surface area (Å²) in [5.41, 5.74) is 0.895. The summed E-state index contributed by atoms with van der Waals surface area (Å²) < 4.78 is 0. The van der Waals surface area contributed by atoms with Gasteiger partial charge in [-0.25, -0.2) is 0 Å². The fourth-order valence-electron chi connectivity index (χ4n) is 3.13. The summed E-state index contributed by atoms with van der Waals surface area (Å²) in [5.74, 6) is -2.45. The first-order chi connectivity index (χ1) is 12.1. The van der Waals surface area contributed by atoms with Crippen LogP contribution in [0.15, 0.2) is 30.3 Å². The van der Waals surface area contributed by atoms with Crippen molar-refractivity contribution >= 4 is 17.6 Å². The molecule has 1 saturated heterocycles. The van der Waals surface area contributed by atoms with Crippen molar-refractivity contribution in [3.8, 4) is 6.07 Å². The highest BCUT2D eigenvalue weighted by atomic mass is 16.2. The zero-order valence-electron chi connectivity index (χ0n) is 14.0. The first kappa shape index (κ1) is 17.2. The SMILES string of the molecule is N#CC(C(=O)NCc1ccccc1)C(=O)C1CC(=O)N(CC2CC2)C1. The lowest BCUT2D eigenvalue weighted by Gasteiger charge is -2.16. The number of carbonyl (C=O) groups is 3. The summed E-state index contributed by atoms with van der Waals surface area (Å²) in [4.78, 5) is 38.5. The third-order valence-corrected chi connectivity index (χ3v) is 4.78. The normalized spacial score (nSPS) is 20.8. The third-order valence-electron chi connectivity index (χ3n) is 4.78. The van der Waals surface area contributed by atoms with E-state index in [1.54, 1.807) is 11.0 Å². The fourth-order valence-corrected chi connectivity index (χ4v) is 3.13. The highest BCUT2D eigenvalue weighted by Gasteiger charge is 2.41. The number of ketones is 1. The minimum atomic E-state index is -1.36. The Morgan fingerprint density at radius 2 is 2.00 bits per heavy atom. The van der Waals surface area contributed by atoms with E-state index in [0.717, 1.165) is 18.4 Å². The minimum absolute atomic E-state index is 0.0494. The Labute approximate surface area is 146 Å². The summed E-state index contributed by atoms with van der Waals surface area (Å²) in [6.07, 6.45) is 2.37. The highest BCUT2D eigenvalue weighted by molar-refractivity contribution is 6.06. The largest absolute Gasteiger partial charge is 0.350 e. The van der Waals surface area contributed by atoms with Gasteiger partial charge in [-0.3, -0.25) is 14.4 Å². The highest BCUT2D eigenvalue weighted by Crippen LogP contribution is 2.32. The van der Waals surface area contributed by atoms with Gasteiger partial charge in [-0.1, -0.05) is 30.3 Å². The molecule has 3 rings (SSSR count). The van der Waals surface area contributed by atoms with Crippen molar-refractivity contribution in [2.45, 2.75) is 25.8 Å². The molecule has 2 aliphatic rings. The molecule has 1 saturated carbocycles.